The maximum atomic E-state index is 5.74. The minimum atomic E-state index is 0.670. The molecular formula is C10H10N6S2. The van der Waals surface area contributed by atoms with E-state index in [9.17, 15) is 0 Å². The number of nitrogen functional groups attached to an aromatic ring is 1. The van der Waals surface area contributed by atoms with Crippen molar-refractivity contribution in [1.29, 1.82) is 0 Å². The third-order valence-corrected chi connectivity index (χ3v) is 4.42. The van der Waals surface area contributed by atoms with E-state index in [0.717, 1.165) is 20.2 Å². The number of thioether (sulfide) groups is 1. The van der Waals surface area contributed by atoms with E-state index in [1.54, 1.807) is 30.1 Å². The van der Waals surface area contributed by atoms with E-state index < -0.39 is 0 Å². The molecule has 0 amide bonds. The van der Waals surface area contributed by atoms with Crippen LogP contribution in [0.15, 0.2) is 22.5 Å². The van der Waals surface area contributed by atoms with Crippen molar-refractivity contribution < 1.29 is 0 Å². The fourth-order valence-electron chi connectivity index (χ4n) is 1.49. The molecule has 92 valence electrons. The van der Waals surface area contributed by atoms with Crippen molar-refractivity contribution in [3.8, 4) is 0 Å². The topological polar surface area (TPSA) is 82.5 Å². The van der Waals surface area contributed by atoms with E-state index in [-0.39, 0.29) is 0 Å². The molecule has 0 aliphatic carbocycles. The maximum absolute atomic E-state index is 5.74. The lowest BCUT2D eigenvalue weighted by Crippen LogP contribution is -1.92. The quantitative estimate of drug-likeness (QED) is 0.580. The molecule has 8 heteroatoms. The van der Waals surface area contributed by atoms with Gasteiger partial charge in [0.1, 0.15) is 0 Å². The fraction of sp³-hybridized carbons (Fsp3) is 0.200. The molecule has 0 bridgehead atoms. The van der Waals surface area contributed by atoms with Gasteiger partial charge in [-0.05, 0) is 23.4 Å². The first kappa shape index (κ1) is 11.4. The van der Waals surface area contributed by atoms with E-state index in [2.05, 4.69) is 20.4 Å². The second kappa shape index (κ2) is 4.54. The standard InChI is InChI=1S/C10H10N6S2/c1-16-14-9(13-15-16)5-17-10-12-7-3-2-6(11)4-8(7)18-10/h2-4H,5,11H2,1H3. The van der Waals surface area contributed by atoms with Crippen LogP contribution in [0.3, 0.4) is 0 Å². The molecule has 2 aromatic heterocycles. The summed E-state index contributed by atoms with van der Waals surface area (Å²) < 4.78 is 2.09. The summed E-state index contributed by atoms with van der Waals surface area (Å²) in [5.74, 6) is 1.38. The molecule has 18 heavy (non-hydrogen) atoms. The van der Waals surface area contributed by atoms with Crippen LogP contribution < -0.4 is 5.73 Å². The lowest BCUT2D eigenvalue weighted by Gasteiger charge is -1.89. The molecule has 3 rings (SSSR count). The van der Waals surface area contributed by atoms with Gasteiger partial charge in [-0.1, -0.05) is 11.8 Å². The zero-order valence-electron chi connectivity index (χ0n) is 9.57. The number of hydrogen-bond donors (Lipinski definition) is 1. The number of tetrazole rings is 1. The van der Waals surface area contributed by atoms with Gasteiger partial charge in [-0.25, -0.2) is 4.98 Å². The second-order valence-corrected chi connectivity index (χ2v) is 5.94. The van der Waals surface area contributed by atoms with Crippen molar-refractivity contribution in [3.05, 3.63) is 24.0 Å². The first-order valence-electron chi connectivity index (χ1n) is 5.22. The first-order valence-corrected chi connectivity index (χ1v) is 7.03. The Hall–Kier alpha value is -1.67. The van der Waals surface area contributed by atoms with Crippen LogP contribution in [0.1, 0.15) is 5.82 Å². The van der Waals surface area contributed by atoms with Crippen LogP contribution in [-0.4, -0.2) is 25.2 Å². The van der Waals surface area contributed by atoms with E-state index >= 15 is 0 Å². The van der Waals surface area contributed by atoms with Gasteiger partial charge in [0.15, 0.2) is 10.2 Å². The van der Waals surface area contributed by atoms with Crippen molar-refractivity contribution in [1.82, 2.24) is 25.2 Å². The van der Waals surface area contributed by atoms with Crippen molar-refractivity contribution in [2.24, 2.45) is 7.05 Å². The Bertz CT molecular complexity index is 689. The molecule has 1 aromatic carbocycles. The van der Waals surface area contributed by atoms with Crippen LogP contribution >= 0.6 is 23.1 Å². The summed E-state index contributed by atoms with van der Waals surface area (Å²) >= 11 is 3.23. The highest BCUT2D eigenvalue weighted by Gasteiger charge is 2.07. The number of aromatic nitrogens is 5. The highest BCUT2D eigenvalue weighted by Crippen LogP contribution is 2.31. The van der Waals surface area contributed by atoms with Crippen molar-refractivity contribution in [3.63, 3.8) is 0 Å². The van der Waals surface area contributed by atoms with Gasteiger partial charge in [0.2, 0.25) is 0 Å². The smallest absolute Gasteiger partial charge is 0.185 e. The number of hydrogen-bond acceptors (Lipinski definition) is 7. The van der Waals surface area contributed by atoms with Crippen molar-refractivity contribution >= 4 is 39.0 Å². The molecule has 3 aromatic rings. The number of benzene rings is 1. The number of nitrogens with two attached hydrogens (primary N) is 1. The fourth-order valence-corrected chi connectivity index (χ4v) is 3.45. The van der Waals surface area contributed by atoms with Crippen LogP contribution in [-0.2, 0) is 12.8 Å². The lowest BCUT2D eigenvalue weighted by molar-refractivity contribution is 0.628. The summed E-state index contributed by atoms with van der Waals surface area (Å²) in [5, 5.41) is 11.9. The van der Waals surface area contributed by atoms with Gasteiger partial charge in [0.05, 0.1) is 23.0 Å². The summed E-state index contributed by atoms with van der Waals surface area (Å²) in [7, 11) is 1.75. The van der Waals surface area contributed by atoms with E-state index in [4.69, 9.17) is 5.73 Å². The van der Waals surface area contributed by atoms with Gasteiger partial charge in [-0.15, -0.1) is 21.5 Å². The van der Waals surface area contributed by atoms with E-state index in [1.165, 1.54) is 4.80 Å². The number of aryl methyl sites for hydroxylation is 1. The molecule has 6 nitrogen and oxygen atoms in total. The molecule has 0 radical (unpaired) electrons. The van der Waals surface area contributed by atoms with Crippen LogP contribution in [0.25, 0.3) is 10.2 Å². The molecule has 0 aliphatic heterocycles. The highest BCUT2D eigenvalue weighted by atomic mass is 32.2. The second-order valence-electron chi connectivity index (χ2n) is 3.69. The predicted molar refractivity (Wildman–Crippen MR) is 72.4 cm³/mol. The Morgan fingerprint density at radius 1 is 1.44 bits per heavy atom. The first-order chi connectivity index (χ1) is 8.70. The van der Waals surface area contributed by atoms with Gasteiger partial charge >= 0.3 is 0 Å². The third kappa shape index (κ3) is 2.29. The zero-order valence-corrected chi connectivity index (χ0v) is 11.2. The number of thiazole rings is 1. The monoisotopic (exact) mass is 278 g/mol. The maximum Gasteiger partial charge on any atom is 0.185 e. The molecular weight excluding hydrogens is 268 g/mol. The Morgan fingerprint density at radius 3 is 3.11 bits per heavy atom. The average molecular weight is 278 g/mol. The number of fused-ring (bicyclic) bond motifs is 1. The van der Waals surface area contributed by atoms with E-state index in [0.29, 0.717) is 11.6 Å². The van der Waals surface area contributed by atoms with E-state index in [1.807, 2.05) is 18.2 Å². The van der Waals surface area contributed by atoms with Gasteiger partial charge in [0, 0.05) is 5.69 Å². The largest absolute Gasteiger partial charge is 0.399 e. The Morgan fingerprint density at radius 2 is 2.33 bits per heavy atom. The van der Waals surface area contributed by atoms with Gasteiger partial charge in [-0.2, -0.15) is 4.80 Å². The molecule has 0 unspecified atom stereocenters. The Labute approximate surface area is 111 Å². The summed E-state index contributed by atoms with van der Waals surface area (Å²) in [6.07, 6.45) is 0. The van der Waals surface area contributed by atoms with Gasteiger partial charge < -0.3 is 5.73 Å². The van der Waals surface area contributed by atoms with Crippen LogP contribution in [0.4, 0.5) is 5.69 Å². The molecule has 2 heterocycles. The molecule has 0 saturated heterocycles. The third-order valence-electron chi connectivity index (χ3n) is 2.27. The Kier molecular flexibility index (Phi) is 2.88. The van der Waals surface area contributed by atoms with Crippen molar-refractivity contribution in [2.45, 2.75) is 10.1 Å². The number of nitrogens with zero attached hydrogens (tertiary/aromatic N) is 5. The minimum Gasteiger partial charge on any atom is -0.399 e. The lowest BCUT2D eigenvalue weighted by atomic mass is 10.3. The molecule has 0 atom stereocenters. The summed E-state index contributed by atoms with van der Waals surface area (Å²) in [6, 6.07) is 5.74. The normalized spacial score (nSPS) is 11.2. The summed E-state index contributed by atoms with van der Waals surface area (Å²) in [6.45, 7) is 0. The Balaban J connectivity index is 1.78. The molecule has 0 saturated carbocycles. The van der Waals surface area contributed by atoms with Crippen LogP contribution in [0.2, 0.25) is 0 Å². The summed E-state index contributed by atoms with van der Waals surface area (Å²) in [5.41, 5.74) is 7.48. The van der Waals surface area contributed by atoms with Crippen LogP contribution in [0, 0.1) is 0 Å². The molecule has 0 spiro atoms. The highest BCUT2D eigenvalue weighted by molar-refractivity contribution is 8.00. The zero-order chi connectivity index (χ0) is 12.5. The van der Waals surface area contributed by atoms with Crippen LogP contribution in [0.5, 0.6) is 0 Å². The SMILES string of the molecule is Cn1nnc(CSc2nc3ccc(N)cc3s2)n1. The molecule has 0 fully saturated rings. The molecule has 0 aliphatic rings. The average Bonchev–Trinajstić information content (AvgIpc) is 2.92. The number of anilines is 1. The molecule has 2 N–H and O–H groups in total. The van der Waals surface area contributed by atoms with Gasteiger partial charge in [0.25, 0.3) is 0 Å². The minimum absolute atomic E-state index is 0.670. The van der Waals surface area contributed by atoms with Gasteiger partial charge in [-0.3, -0.25) is 0 Å². The number of rotatable bonds is 3. The van der Waals surface area contributed by atoms with Crippen molar-refractivity contribution in [2.75, 3.05) is 5.73 Å². The predicted octanol–water partition coefficient (Wildman–Crippen LogP) is 1.69. The summed E-state index contributed by atoms with van der Waals surface area (Å²) in [4.78, 5) is 5.97.